The number of H-pyrrole nitrogens is 1. The summed E-state index contributed by atoms with van der Waals surface area (Å²) in [5, 5.41) is 0. The standard InChI is InChI=1S/C19H29N/c1-16(2)7-5-8-17(3)9-6-10-18(4)11-12-19-13-14-20-15-19/h7,9,11,13-15,20H,5-6,8,10,12H2,1-4H3/b17-9-,18-11-. The van der Waals surface area contributed by atoms with Gasteiger partial charge in [0.25, 0.3) is 0 Å². The van der Waals surface area contributed by atoms with Gasteiger partial charge in [0.2, 0.25) is 0 Å². The third kappa shape index (κ3) is 7.83. The Bertz CT molecular complexity index is 454. The molecular formula is C19H29N. The molecule has 0 saturated heterocycles. The maximum atomic E-state index is 3.10. The number of aromatic amines is 1. The molecule has 0 aliphatic heterocycles. The zero-order valence-corrected chi connectivity index (χ0v) is 13.5. The molecule has 1 aromatic rings. The average molecular weight is 271 g/mol. The molecule has 1 nitrogen and oxygen atoms in total. The lowest BCUT2D eigenvalue weighted by atomic mass is 10.1. The van der Waals surface area contributed by atoms with Crippen LogP contribution in [-0.2, 0) is 6.42 Å². The monoisotopic (exact) mass is 271 g/mol. The van der Waals surface area contributed by atoms with Crippen LogP contribution in [0.15, 0.2) is 53.4 Å². The van der Waals surface area contributed by atoms with Gasteiger partial charge in [-0.05, 0) is 71.4 Å². The van der Waals surface area contributed by atoms with E-state index in [0.29, 0.717) is 0 Å². The summed E-state index contributed by atoms with van der Waals surface area (Å²) in [6.07, 6.45) is 16.8. The predicted octanol–water partition coefficient (Wildman–Crippen LogP) is 5.98. The van der Waals surface area contributed by atoms with E-state index in [-0.39, 0.29) is 0 Å². The third-order valence-electron chi connectivity index (χ3n) is 3.47. The Kier molecular flexibility index (Phi) is 7.79. The number of hydrogen-bond donors (Lipinski definition) is 1. The predicted molar refractivity (Wildman–Crippen MR) is 89.9 cm³/mol. The second kappa shape index (κ2) is 9.41. The van der Waals surface area contributed by atoms with Gasteiger partial charge in [0.1, 0.15) is 0 Å². The first kappa shape index (κ1) is 16.6. The number of rotatable bonds is 8. The maximum absolute atomic E-state index is 3.10. The van der Waals surface area contributed by atoms with E-state index < -0.39 is 0 Å². The molecule has 0 amide bonds. The van der Waals surface area contributed by atoms with Gasteiger partial charge in [0.15, 0.2) is 0 Å². The Morgan fingerprint density at radius 2 is 1.60 bits per heavy atom. The van der Waals surface area contributed by atoms with Crippen molar-refractivity contribution in [2.24, 2.45) is 0 Å². The van der Waals surface area contributed by atoms with Crippen molar-refractivity contribution in [2.75, 3.05) is 0 Å². The second-order valence-electron chi connectivity index (χ2n) is 5.88. The van der Waals surface area contributed by atoms with Crippen LogP contribution in [-0.4, -0.2) is 4.98 Å². The second-order valence-corrected chi connectivity index (χ2v) is 5.88. The normalized spacial score (nSPS) is 12.6. The lowest BCUT2D eigenvalue weighted by Crippen LogP contribution is -1.82. The number of nitrogens with one attached hydrogen (secondary N) is 1. The molecule has 0 atom stereocenters. The first-order chi connectivity index (χ1) is 9.58. The number of aromatic nitrogens is 1. The minimum atomic E-state index is 1.04. The third-order valence-corrected chi connectivity index (χ3v) is 3.47. The zero-order chi connectivity index (χ0) is 14.8. The molecule has 0 aromatic carbocycles. The molecule has 1 rings (SSSR count). The SMILES string of the molecule is CC(C)=CCC/C(C)=C\CC/C(C)=C\Cc1cc[nH]c1. The summed E-state index contributed by atoms with van der Waals surface area (Å²) >= 11 is 0. The van der Waals surface area contributed by atoms with E-state index in [0.717, 1.165) is 12.8 Å². The van der Waals surface area contributed by atoms with Crippen molar-refractivity contribution in [1.82, 2.24) is 4.98 Å². The van der Waals surface area contributed by atoms with E-state index in [1.165, 1.54) is 41.5 Å². The summed E-state index contributed by atoms with van der Waals surface area (Å²) < 4.78 is 0. The minimum absolute atomic E-state index is 1.04. The van der Waals surface area contributed by atoms with Gasteiger partial charge in [-0.15, -0.1) is 0 Å². The van der Waals surface area contributed by atoms with Gasteiger partial charge in [-0.3, -0.25) is 0 Å². The molecule has 0 unspecified atom stereocenters. The van der Waals surface area contributed by atoms with E-state index in [1.807, 2.05) is 6.20 Å². The molecule has 1 aromatic heterocycles. The van der Waals surface area contributed by atoms with E-state index in [2.05, 4.69) is 63.2 Å². The fraction of sp³-hybridized carbons (Fsp3) is 0.474. The van der Waals surface area contributed by atoms with Crippen LogP contribution in [0.1, 0.15) is 58.9 Å². The Morgan fingerprint density at radius 1 is 0.950 bits per heavy atom. The molecule has 0 spiro atoms. The van der Waals surface area contributed by atoms with Crippen LogP contribution in [0.4, 0.5) is 0 Å². The van der Waals surface area contributed by atoms with Crippen molar-refractivity contribution < 1.29 is 0 Å². The minimum Gasteiger partial charge on any atom is -0.367 e. The summed E-state index contributed by atoms with van der Waals surface area (Å²) in [4.78, 5) is 3.10. The van der Waals surface area contributed by atoms with Gasteiger partial charge in [-0.2, -0.15) is 0 Å². The van der Waals surface area contributed by atoms with E-state index in [4.69, 9.17) is 0 Å². The number of hydrogen-bond acceptors (Lipinski definition) is 0. The van der Waals surface area contributed by atoms with Crippen LogP contribution in [0.2, 0.25) is 0 Å². The first-order valence-corrected chi connectivity index (χ1v) is 7.64. The molecule has 20 heavy (non-hydrogen) atoms. The van der Waals surface area contributed by atoms with E-state index in [1.54, 1.807) is 0 Å². The molecule has 110 valence electrons. The fourth-order valence-electron chi connectivity index (χ4n) is 2.12. The molecular weight excluding hydrogens is 242 g/mol. The topological polar surface area (TPSA) is 15.8 Å². The quantitative estimate of drug-likeness (QED) is 0.560. The Balaban J connectivity index is 2.24. The molecule has 0 aliphatic rings. The van der Waals surface area contributed by atoms with Crippen molar-refractivity contribution in [2.45, 2.75) is 59.8 Å². The van der Waals surface area contributed by atoms with Crippen LogP contribution in [0.5, 0.6) is 0 Å². The summed E-state index contributed by atoms with van der Waals surface area (Å²) in [5.74, 6) is 0. The van der Waals surface area contributed by atoms with Crippen LogP contribution >= 0.6 is 0 Å². The highest BCUT2D eigenvalue weighted by atomic mass is 14.6. The van der Waals surface area contributed by atoms with Crippen molar-refractivity contribution >= 4 is 0 Å². The van der Waals surface area contributed by atoms with Gasteiger partial charge in [-0.1, -0.05) is 34.9 Å². The van der Waals surface area contributed by atoms with Crippen molar-refractivity contribution in [1.29, 1.82) is 0 Å². The molecule has 1 heteroatoms. The van der Waals surface area contributed by atoms with Gasteiger partial charge >= 0.3 is 0 Å². The van der Waals surface area contributed by atoms with Crippen molar-refractivity contribution in [3.63, 3.8) is 0 Å². The Labute approximate surface area is 124 Å². The van der Waals surface area contributed by atoms with Crippen LogP contribution in [0.25, 0.3) is 0 Å². The summed E-state index contributed by atoms with van der Waals surface area (Å²) in [5.41, 5.74) is 5.78. The highest BCUT2D eigenvalue weighted by Gasteiger charge is 1.93. The lowest BCUT2D eigenvalue weighted by Gasteiger charge is -2.01. The lowest BCUT2D eigenvalue weighted by molar-refractivity contribution is 0.914. The smallest absolute Gasteiger partial charge is 0.00405 e. The fourth-order valence-corrected chi connectivity index (χ4v) is 2.12. The summed E-state index contributed by atoms with van der Waals surface area (Å²) in [7, 11) is 0. The van der Waals surface area contributed by atoms with Gasteiger partial charge in [-0.25, -0.2) is 0 Å². The highest BCUT2D eigenvalue weighted by molar-refractivity contribution is 5.15. The number of allylic oxidation sites excluding steroid dienone is 6. The molecule has 1 N–H and O–H groups in total. The van der Waals surface area contributed by atoms with Gasteiger partial charge < -0.3 is 4.98 Å². The van der Waals surface area contributed by atoms with Gasteiger partial charge in [0.05, 0.1) is 0 Å². The van der Waals surface area contributed by atoms with Gasteiger partial charge in [0, 0.05) is 12.4 Å². The highest BCUT2D eigenvalue weighted by Crippen LogP contribution is 2.12. The Hall–Kier alpha value is -1.50. The summed E-state index contributed by atoms with van der Waals surface area (Å²) in [6.45, 7) is 8.81. The van der Waals surface area contributed by atoms with Crippen LogP contribution in [0.3, 0.4) is 0 Å². The molecule has 0 radical (unpaired) electrons. The van der Waals surface area contributed by atoms with Crippen LogP contribution in [0, 0.1) is 0 Å². The largest absolute Gasteiger partial charge is 0.367 e. The maximum Gasteiger partial charge on any atom is 0.00405 e. The van der Waals surface area contributed by atoms with Crippen molar-refractivity contribution in [3.05, 3.63) is 59.0 Å². The van der Waals surface area contributed by atoms with E-state index >= 15 is 0 Å². The molecule has 1 heterocycles. The average Bonchev–Trinajstić information content (AvgIpc) is 2.89. The van der Waals surface area contributed by atoms with E-state index in [9.17, 15) is 0 Å². The molecule has 0 bridgehead atoms. The van der Waals surface area contributed by atoms with Crippen molar-refractivity contribution in [3.8, 4) is 0 Å². The van der Waals surface area contributed by atoms with Crippen LogP contribution < -0.4 is 0 Å². The molecule has 0 fully saturated rings. The molecule has 0 aliphatic carbocycles. The zero-order valence-electron chi connectivity index (χ0n) is 13.5. The Morgan fingerprint density at radius 3 is 2.20 bits per heavy atom. The molecule has 0 saturated carbocycles. The summed E-state index contributed by atoms with van der Waals surface area (Å²) in [6, 6.07) is 2.14. The first-order valence-electron chi connectivity index (χ1n) is 7.64.